The van der Waals surface area contributed by atoms with Crippen molar-refractivity contribution in [3.63, 3.8) is 0 Å². The van der Waals surface area contributed by atoms with Gasteiger partial charge in [-0.3, -0.25) is 4.79 Å². The van der Waals surface area contributed by atoms with Crippen LogP contribution in [0.5, 0.6) is 5.75 Å². The van der Waals surface area contributed by atoms with E-state index in [2.05, 4.69) is 13.8 Å². The first-order chi connectivity index (χ1) is 11.2. The molecule has 2 aromatic carbocycles. The van der Waals surface area contributed by atoms with Crippen molar-refractivity contribution in [2.45, 2.75) is 46.1 Å². The van der Waals surface area contributed by atoms with Crippen LogP contribution < -0.4 is 4.74 Å². The lowest BCUT2D eigenvalue weighted by Crippen LogP contribution is -2.14. The second-order valence-corrected chi connectivity index (χ2v) is 5.91. The molecule has 0 aliphatic rings. The molecule has 2 aromatic rings. The molecular weight excluding hydrogens is 284 g/mol. The number of ketones is 1. The van der Waals surface area contributed by atoms with Crippen LogP contribution in [0.3, 0.4) is 0 Å². The van der Waals surface area contributed by atoms with Gasteiger partial charge in [-0.2, -0.15) is 0 Å². The highest BCUT2D eigenvalue weighted by atomic mass is 16.5. The maximum Gasteiger partial charge on any atom is 0.165 e. The van der Waals surface area contributed by atoms with Crippen LogP contribution in [0.15, 0.2) is 54.6 Å². The van der Waals surface area contributed by atoms with E-state index in [1.54, 1.807) is 0 Å². The molecule has 2 rings (SSSR count). The molecule has 0 heterocycles. The van der Waals surface area contributed by atoms with E-state index in [1.807, 2.05) is 54.6 Å². The van der Waals surface area contributed by atoms with Crippen LogP contribution in [0.1, 0.15) is 55.5 Å². The maximum atomic E-state index is 12.5. The van der Waals surface area contributed by atoms with Crippen molar-refractivity contribution in [1.82, 2.24) is 0 Å². The molecule has 122 valence electrons. The van der Waals surface area contributed by atoms with E-state index in [-0.39, 0.29) is 11.7 Å². The zero-order valence-corrected chi connectivity index (χ0v) is 14.1. The number of ether oxygens (including phenoxy) is 1. The Bertz CT molecular complexity index is 587. The average molecular weight is 310 g/mol. The first-order valence-corrected chi connectivity index (χ1v) is 8.55. The van der Waals surface area contributed by atoms with Crippen LogP contribution in [0.4, 0.5) is 0 Å². The summed E-state index contributed by atoms with van der Waals surface area (Å²) >= 11 is 0. The summed E-state index contributed by atoms with van der Waals surface area (Å²) in [6.07, 6.45) is 4.14. The van der Waals surface area contributed by atoms with E-state index in [9.17, 15) is 4.79 Å². The van der Waals surface area contributed by atoms with Crippen LogP contribution >= 0.6 is 0 Å². The zero-order chi connectivity index (χ0) is 16.5. The monoisotopic (exact) mass is 310 g/mol. The Morgan fingerprint density at radius 2 is 1.70 bits per heavy atom. The number of benzene rings is 2. The summed E-state index contributed by atoms with van der Waals surface area (Å²) in [7, 11) is 0. The van der Waals surface area contributed by atoms with Crippen molar-refractivity contribution < 1.29 is 9.53 Å². The Hall–Kier alpha value is -2.09. The molecule has 0 radical (unpaired) electrons. The van der Waals surface area contributed by atoms with Gasteiger partial charge in [-0.25, -0.2) is 0 Å². The molecule has 0 aliphatic carbocycles. The lowest BCUT2D eigenvalue weighted by atomic mass is 9.91. The van der Waals surface area contributed by atoms with E-state index >= 15 is 0 Å². The topological polar surface area (TPSA) is 26.3 Å². The molecule has 2 nitrogen and oxygen atoms in total. The van der Waals surface area contributed by atoms with Gasteiger partial charge in [0.25, 0.3) is 0 Å². The molecule has 0 N–H and O–H groups in total. The van der Waals surface area contributed by atoms with E-state index < -0.39 is 0 Å². The van der Waals surface area contributed by atoms with Gasteiger partial charge in [-0.15, -0.1) is 0 Å². The zero-order valence-electron chi connectivity index (χ0n) is 14.1. The summed E-state index contributed by atoms with van der Waals surface area (Å²) in [5.74, 6) is 1.20. The van der Waals surface area contributed by atoms with Crippen molar-refractivity contribution in [2.75, 3.05) is 0 Å². The quantitative estimate of drug-likeness (QED) is 0.558. The molecule has 0 fully saturated rings. The van der Waals surface area contributed by atoms with Gasteiger partial charge >= 0.3 is 0 Å². The molecule has 0 saturated heterocycles. The SMILES string of the molecule is CCCCC(CC)C(=O)c1ccc(OCc2ccccc2)cc1. The van der Waals surface area contributed by atoms with Crippen LogP contribution in [0.25, 0.3) is 0 Å². The lowest BCUT2D eigenvalue weighted by molar-refractivity contribution is 0.0908. The maximum absolute atomic E-state index is 12.5. The van der Waals surface area contributed by atoms with E-state index in [0.717, 1.165) is 42.6 Å². The van der Waals surface area contributed by atoms with E-state index in [4.69, 9.17) is 4.74 Å². The summed E-state index contributed by atoms with van der Waals surface area (Å²) in [5.41, 5.74) is 1.93. The highest BCUT2D eigenvalue weighted by Gasteiger charge is 2.17. The van der Waals surface area contributed by atoms with Gasteiger partial charge in [0.05, 0.1) is 0 Å². The number of Topliss-reactive ketones (excluding diaryl/α,β-unsaturated/α-hetero) is 1. The second kappa shape index (κ2) is 9.14. The van der Waals surface area contributed by atoms with Gasteiger partial charge in [0, 0.05) is 11.5 Å². The summed E-state index contributed by atoms with van der Waals surface area (Å²) in [5, 5.41) is 0. The summed E-state index contributed by atoms with van der Waals surface area (Å²) in [4.78, 5) is 12.5. The molecule has 0 saturated carbocycles. The fraction of sp³-hybridized carbons (Fsp3) is 0.381. The fourth-order valence-electron chi connectivity index (χ4n) is 2.66. The Balaban J connectivity index is 1.94. The molecule has 0 aromatic heterocycles. The minimum absolute atomic E-state index is 0.144. The number of rotatable bonds is 9. The van der Waals surface area contributed by atoms with Crippen molar-refractivity contribution >= 4 is 5.78 Å². The van der Waals surface area contributed by atoms with Crippen molar-refractivity contribution in [1.29, 1.82) is 0 Å². The summed E-state index contributed by atoms with van der Waals surface area (Å²) < 4.78 is 5.77. The molecular formula is C21H26O2. The first-order valence-electron chi connectivity index (χ1n) is 8.55. The predicted molar refractivity (Wildman–Crippen MR) is 94.9 cm³/mol. The average Bonchev–Trinajstić information content (AvgIpc) is 2.62. The van der Waals surface area contributed by atoms with Crippen LogP contribution in [-0.2, 0) is 6.61 Å². The van der Waals surface area contributed by atoms with Crippen LogP contribution in [0, 0.1) is 5.92 Å². The summed E-state index contributed by atoms with van der Waals surface area (Å²) in [6, 6.07) is 17.6. The third-order valence-electron chi connectivity index (χ3n) is 4.16. The molecule has 1 atom stereocenters. The van der Waals surface area contributed by atoms with Crippen molar-refractivity contribution in [3.05, 3.63) is 65.7 Å². The van der Waals surface area contributed by atoms with Crippen molar-refractivity contribution in [3.8, 4) is 5.75 Å². The molecule has 0 bridgehead atoms. The molecule has 2 heteroatoms. The molecule has 0 aliphatic heterocycles. The Morgan fingerprint density at radius 1 is 1.00 bits per heavy atom. The fourth-order valence-corrected chi connectivity index (χ4v) is 2.66. The summed E-state index contributed by atoms with van der Waals surface area (Å²) in [6.45, 7) is 4.80. The Labute approximate surface area is 139 Å². The third kappa shape index (κ3) is 5.24. The van der Waals surface area contributed by atoms with E-state index in [0.29, 0.717) is 6.61 Å². The number of unbranched alkanes of at least 4 members (excludes halogenated alkanes) is 1. The standard InChI is InChI=1S/C21H26O2/c1-3-5-11-18(4-2)21(22)19-12-14-20(15-13-19)23-16-17-9-7-6-8-10-17/h6-10,12-15,18H,3-5,11,16H2,1-2H3. The number of carbonyl (C=O) groups is 1. The number of hydrogen-bond acceptors (Lipinski definition) is 2. The molecule has 0 amide bonds. The Kier molecular flexibility index (Phi) is 6.86. The predicted octanol–water partition coefficient (Wildman–Crippen LogP) is 5.66. The second-order valence-electron chi connectivity index (χ2n) is 5.91. The molecule has 23 heavy (non-hydrogen) atoms. The van der Waals surface area contributed by atoms with Gasteiger partial charge in [0.15, 0.2) is 5.78 Å². The smallest absolute Gasteiger partial charge is 0.165 e. The van der Waals surface area contributed by atoms with Gasteiger partial charge in [-0.1, -0.05) is 57.0 Å². The van der Waals surface area contributed by atoms with Gasteiger partial charge in [-0.05, 0) is 42.7 Å². The van der Waals surface area contributed by atoms with Crippen molar-refractivity contribution in [2.24, 2.45) is 5.92 Å². The van der Waals surface area contributed by atoms with Gasteiger partial charge < -0.3 is 4.74 Å². The first kappa shape index (κ1) is 17.3. The highest BCUT2D eigenvalue weighted by molar-refractivity contribution is 5.97. The largest absolute Gasteiger partial charge is 0.489 e. The highest BCUT2D eigenvalue weighted by Crippen LogP contribution is 2.21. The minimum Gasteiger partial charge on any atom is -0.489 e. The number of carbonyl (C=O) groups excluding carboxylic acids is 1. The van der Waals surface area contributed by atoms with Crippen LogP contribution in [-0.4, -0.2) is 5.78 Å². The van der Waals surface area contributed by atoms with E-state index in [1.165, 1.54) is 0 Å². The molecule has 1 unspecified atom stereocenters. The van der Waals surface area contributed by atoms with Crippen LogP contribution in [0.2, 0.25) is 0 Å². The normalized spacial score (nSPS) is 11.9. The lowest BCUT2D eigenvalue weighted by Gasteiger charge is -2.13. The Morgan fingerprint density at radius 3 is 2.30 bits per heavy atom. The number of hydrogen-bond donors (Lipinski definition) is 0. The third-order valence-corrected chi connectivity index (χ3v) is 4.16. The minimum atomic E-state index is 0.144. The molecule has 0 spiro atoms. The van der Waals surface area contributed by atoms with Gasteiger partial charge in [0.2, 0.25) is 0 Å². The van der Waals surface area contributed by atoms with Gasteiger partial charge in [0.1, 0.15) is 12.4 Å².